The first-order chi connectivity index (χ1) is 24.7. The predicted molar refractivity (Wildman–Crippen MR) is 208 cm³/mol. The molecule has 2 rings (SSSR count). The Hall–Kier alpha value is -2.30. The van der Waals surface area contributed by atoms with Crippen LogP contribution in [-0.2, 0) is 53.6 Å². The minimum Gasteiger partial charge on any atom is -0.756 e. The summed E-state index contributed by atoms with van der Waals surface area (Å²) < 4.78 is 34.1. The molecule has 2 amide bonds. The van der Waals surface area contributed by atoms with E-state index in [4.69, 9.17) is 23.4 Å². The van der Waals surface area contributed by atoms with Crippen LogP contribution in [0.5, 0.6) is 5.75 Å². The van der Waals surface area contributed by atoms with Gasteiger partial charge in [0.2, 0.25) is 0 Å². The zero-order chi connectivity index (χ0) is 41.2. The van der Waals surface area contributed by atoms with Gasteiger partial charge in [0.15, 0.2) is 0 Å². The van der Waals surface area contributed by atoms with Gasteiger partial charge >= 0.3 is 17.9 Å². The van der Waals surface area contributed by atoms with E-state index in [0.29, 0.717) is 39.7 Å². The summed E-state index contributed by atoms with van der Waals surface area (Å²) in [7, 11) is 2.28. The van der Waals surface area contributed by atoms with Gasteiger partial charge in [-0.1, -0.05) is 32.9 Å². The van der Waals surface area contributed by atoms with Gasteiger partial charge in [0, 0.05) is 12.8 Å². The number of phosphoric acid groups is 1. The van der Waals surface area contributed by atoms with Crippen molar-refractivity contribution < 1.29 is 61.3 Å². The molecule has 0 bridgehead atoms. The summed E-state index contributed by atoms with van der Waals surface area (Å²) in [4.78, 5) is 80.4. The number of benzene rings is 1. The molecule has 1 aliphatic heterocycles. The number of hydroxylamine groups is 2. The highest BCUT2D eigenvalue weighted by molar-refractivity contribution is 7.45. The molecule has 1 aromatic carbocycles. The van der Waals surface area contributed by atoms with E-state index < -0.39 is 55.0 Å². The minimum absolute atomic E-state index is 0.0143. The van der Waals surface area contributed by atoms with E-state index in [1.807, 2.05) is 21.1 Å². The highest BCUT2D eigenvalue weighted by Crippen LogP contribution is 2.51. The maximum atomic E-state index is 14.0. The molecule has 1 saturated heterocycles. The van der Waals surface area contributed by atoms with E-state index >= 15 is 0 Å². The molecule has 1 aliphatic rings. The molecule has 306 valence electrons. The lowest BCUT2D eigenvalue weighted by Crippen LogP contribution is -2.44. The fourth-order valence-electron chi connectivity index (χ4n) is 6.36. The maximum Gasteiger partial charge on any atom is 0.333 e. The SMILES string of the molecule is CPC(C)(C)CC(C)(CC(C)(CC(C)(C)C(=O)Oc1ccc(CCC(=O)ON2C(=O)CCC2=O)cc1)C(=O)OCCOP(=O)([O-])OCC[N+](C)(C)C)PC. The molecule has 0 aliphatic carbocycles. The second kappa shape index (κ2) is 19.7. The monoisotopic (exact) mass is 818 g/mol. The van der Waals surface area contributed by atoms with Gasteiger partial charge in [-0.25, -0.2) is 4.79 Å². The third kappa shape index (κ3) is 16.0. The molecule has 5 unspecified atom stereocenters. The lowest BCUT2D eigenvalue weighted by Gasteiger charge is -2.43. The second-order valence-corrected chi connectivity index (χ2v) is 21.7. The lowest BCUT2D eigenvalue weighted by molar-refractivity contribution is -0.870. The van der Waals surface area contributed by atoms with E-state index in [2.05, 4.69) is 34.1 Å². The Morgan fingerprint density at radius 2 is 1.41 bits per heavy atom. The number of rotatable bonds is 23. The first kappa shape index (κ1) is 47.9. The minimum atomic E-state index is -4.60. The van der Waals surface area contributed by atoms with E-state index in [1.165, 1.54) is 0 Å². The van der Waals surface area contributed by atoms with Crippen LogP contribution in [0, 0.1) is 10.8 Å². The van der Waals surface area contributed by atoms with Crippen LogP contribution in [-0.4, -0.2) is 110 Å². The fraction of sp³-hybridized carbons (Fsp3) is 0.703. The maximum absolute atomic E-state index is 14.0. The summed E-state index contributed by atoms with van der Waals surface area (Å²) in [5, 5.41) is 0.285. The smallest absolute Gasteiger partial charge is 0.333 e. The molecule has 0 radical (unpaired) electrons. The molecule has 0 aromatic heterocycles. The second-order valence-electron chi connectivity index (χ2n) is 16.8. The quantitative estimate of drug-likeness (QED) is 0.0352. The number of carbonyl (C=O) groups excluding carboxylic acids is 5. The van der Waals surface area contributed by atoms with E-state index in [1.54, 1.807) is 45.0 Å². The zero-order valence-corrected chi connectivity index (χ0v) is 36.7. The van der Waals surface area contributed by atoms with Gasteiger partial charge in [0.25, 0.3) is 19.6 Å². The van der Waals surface area contributed by atoms with Gasteiger partial charge in [0.1, 0.15) is 25.5 Å². The predicted octanol–water partition coefficient (Wildman–Crippen LogP) is 5.24. The first-order valence-corrected chi connectivity index (χ1v) is 22.5. The molecule has 1 aromatic rings. The number of hydrogen-bond donors (Lipinski definition) is 0. The molecule has 54 heavy (non-hydrogen) atoms. The molecular formula is C37H61N2O12P3. The van der Waals surface area contributed by atoms with E-state index in [-0.39, 0.29) is 61.4 Å². The standard InChI is InChI=1S/C37H61N2O12P3/c1-34(2,32(43)50-28-15-12-27(13-16-28)14-19-31(42)51-38-29(40)17-18-30(38)41)24-36(5,26-37(6,53-11)25-35(3,4)52-10)33(44)47-22-23-49-54(45,46)48-21-20-39(7,8)9/h12-13,15-16,52-53H,14,17-26H2,1-11H3. The number of esters is 2. The Bertz CT molecular complexity index is 1510. The summed E-state index contributed by atoms with van der Waals surface area (Å²) in [5.41, 5.74) is -1.57. The normalized spacial score (nSPS) is 17.8. The number of imide groups is 1. The number of likely N-dealkylation sites (N-methyl/N-ethyl adjacent to an activating group) is 1. The lowest BCUT2D eigenvalue weighted by atomic mass is 9.68. The van der Waals surface area contributed by atoms with Crippen molar-refractivity contribution in [1.82, 2.24) is 5.06 Å². The summed E-state index contributed by atoms with van der Waals surface area (Å²) in [6.45, 7) is 15.7. The van der Waals surface area contributed by atoms with Gasteiger partial charge in [-0.2, -0.15) is 0 Å². The molecule has 1 fully saturated rings. The number of hydrogen-bond acceptors (Lipinski definition) is 12. The molecule has 1 heterocycles. The summed E-state index contributed by atoms with van der Waals surface area (Å²) >= 11 is 0. The van der Waals surface area contributed by atoms with Crippen LogP contribution in [0.4, 0.5) is 0 Å². The van der Waals surface area contributed by atoms with Crippen molar-refractivity contribution in [2.45, 2.75) is 96.8 Å². The Kier molecular flexibility index (Phi) is 17.5. The highest BCUT2D eigenvalue weighted by Gasteiger charge is 2.48. The molecule has 17 heteroatoms. The molecule has 0 saturated carbocycles. The van der Waals surface area contributed by atoms with Gasteiger partial charge < -0.3 is 32.7 Å². The fourth-order valence-corrected chi connectivity index (χ4v) is 8.97. The Balaban J connectivity index is 2.13. The topological polar surface area (TPSA) is 175 Å². The summed E-state index contributed by atoms with van der Waals surface area (Å²) in [5.74, 6) is -2.66. The molecule has 14 nitrogen and oxygen atoms in total. The molecule has 0 N–H and O–H groups in total. The van der Waals surface area contributed by atoms with Crippen LogP contribution in [0.2, 0.25) is 0 Å². The van der Waals surface area contributed by atoms with E-state index in [0.717, 1.165) is 12.0 Å². The third-order valence-corrected chi connectivity index (χ3v) is 13.4. The number of aryl methyl sites for hydroxylation is 1. The van der Waals surface area contributed by atoms with Crippen molar-refractivity contribution in [1.29, 1.82) is 0 Å². The number of quaternary nitrogens is 1. The number of amides is 2. The summed E-state index contributed by atoms with van der Waals surface area (Å²) in [6, 6.07) is 6.58. The third-order valence-electron chi connectivity index (χ3n) is 9.30. The van der Waals surface area contributed by atoms with Crippen molar-refractivity contribution in [3.05, 3.63) is 29.8 Å². The molecule has 5 atom stereocenters. The van der Waals surface area contributed by atoms with Crippen molar-refractivity contribution in [3.8, 4) is 5.75 Å². The number of ether oxygens (including phenoxy) is 2. The van der Waals surface area contributed by atoms with Crippen molar-refractivity contribution in [3.63, 3.8) is 0 Å². The number of carbonyl (C=O) groups is 5. The van der Waals surface area contributed by atoms with Crippen LogP contribution in [0.15, 0.2) is 24.3 Å². The van der Waals surface area contributed by atoms with Crippen LogP contribution in [0.25, 0.3) is 0 Å². The number of phosphoric ester groups is 1. The van der Waals surface area contributed by atoms with Crippen LogP contribution in [0.3, 0.4) is 0 Å². The highest BCUT2D eigenvalue weighted by atomic mass is 31.2. The van der Waals surface area contributed by atoms with Crippen LogP contribution >= 0.6 is 25.0 Å². The Morgan fingerprint density at radius 3 is 1.94 bits per heavy atom. The van der Waals surface area contributed by atoms with Crippen molar-refractivity contribution >= 4 is 54.7 Å². The zero-order valence-electron chi connectivity index (χ0n) is 33.8. The van der Waals surface area contributed by atoms with Crippen molar-refractivity contribution in [2.75, 3.05) is 60.8 Å². The van der Waals surface area contributed by atoms with Gasteiger partial charge in [-0.15, -0.1) is 22.2 Å². The van der Waals surface area contributed by atoms with Gasteiger partial charge in [-0.05, 0) is 87.8 Å². The summed E-state index contributed by atoms with van der Waals surface area (Å²) in [6.07, 6.45) is 1.58. The number of nitrogens with zero attached hydrogens (tertiary/aromatic N) is 2. The molecular weight excluding hydrogens is 757 g/mol. The van der Waals surface area contributed by atoms with Crippen LogP contribution < -0.4 is 9.63 Å². The average Bonchev–Trinajstić information content (AvgIpc) is 3.37. The van der Waals surface area contributed by atoms with Crippen molar-refractivity contribution in [2.24, 2.45) is 10.8 Å². The Labute approximate surface area is 324 Å². The first-order valence-electron chi connectivity index (χ1n) is 18.1. The van der Waals surface area contributed by atoms with E-state index in [9.17, 15) is 33.4 Å². The molecule has 0 spiro atoms. The Morgan fingerprint density at radius 1 is 0.833 bits per heavy atom. The largest absolute Gasteiger partial charge is 0.756 e. The van der Waals surface area contributed by atoms with Gasteiger partial charge in [-0.3, -0.25) is 23.7 Å². The van der Waals surface area contributed by atoms with Gasteiger partial charge in [0.05, 0.1) is 45.0 Å². The average molecular weight is 819 g/mol. The van der Waals surface area contributed by atoms with Crippen LogP contribution in [0.1, 0.15) is 85.6 Å².